The van der Waals surface area contributed by atoms with Crippen LogP contribution in [0, 0.1) is 0 Å². The summed E-state index contributed by atoms with van der Waals surface area (Å²) in [5.74, 6) is 0.234. The van der Waals surface area contributed by atoms with E-state index in [2.05, 4.69) is 23.8 Å². The first-order chi connectivity index (χ1) is 9.10. The van der Waals surface area contributed by atoms with Gasteiger partial charge in [0.15, 0.2) is 0 Å². The van der Waals surface area contributed by atoms with Gasteiger partial charge in [0.05, 0.1) is 19.3 Å². The molecular formula is C13H26N4O2. The highest BCUT2D eigenvalue weighted by Gasteiger charge is 2.28. The van der Waals surface area contributed by atoms with E-state index in [0.717, 1.165) is 32.7 Å². The molecule has 2 fully saturated rings. The first-order valence-corrected chi connectivity index (χ1v) is 7.12. The highest BCUT2D eigenvalue weighted by molar-refractivity contribution is 5.78. The van der Waals surface area contributed by atoms with Crippen LogP contribution >= 0.6 is 0 Å². The molecule has 2 heterocycles. The summed E-state index contributed by atoms with van der Waals surface area (Å²) in [5.41, 5.74) is 5.65. The van der Waals surface area contributed by atoms with Gasteiger partial charge in [-0.15, -0.1) is 0 Å². The number of piperazine rings is 1. The second kappa shape index (κ2) is 6.65. The molecule has 1 amide bonds. The van der Waals surface area contributed by atoms with Gasteiger partial charge in [0.2, 0.25) is 5.91 Å². The summed E-state index contributed by atoms with van der Waals surface area (Å²) in [4.78, 5) is 18.7. The highest BCUT2D eigenvalue weighted by atomic mass is 16.5. The average Bonchev–Trinajstić information content (AvgIpc) is 2.42. The minimum absolute atomic E-state index is 0.0662. The van der Waals surface area contributed by atoms with Gasteiger partial charge < -0.3 is 20.3 Å². The smallest absolute Gasteiger partial charge is 0.236 e. The van der Waals surface area contributed by atoms with E-state index in [0.29, 0.717) is 25.7 Å². The molecule has 2 atom stereocenters. The molecule has 0 aromatic rings. The summed E-state index contributed by atoms with van der Waals surface area (Å²) in [5, 5.41) is 0. The SMILES string of the molecule is CC1COC(CN)CN1CC(=O)N1CCN(C)CC1. The van der Waals surface area contributed by atoms with Crippen LogP contribution in [0.5, 0.6) is 0 Å². The zero-order valence-corrected chi connectivity index (χ0v) is 12.0. The predicted octanol–water partition coefficient (Wildman–Crippen LogP) is -1.19. The van der Waals surface area contributed by atoms with Crippen molar-refractivity contribution in [2.45, 2.75) is 19.1 Å². The molecule has 0 radical (unpaired) electrons. The molecule has 2 unspecified atom stereocenters. The first kappa shape index (κ1) is 14.7. The van der Waals surface area contributed by atoms with Gasteiger partial charge in [-0.05, 0) is 14.0 Å². The molecule has 0 bridgehead atoms. The molecule has 19 heavy (non-hydrogen) atoms. The fourth-order valence-corrected chi connectivity index (χ4v) is 2.57. The normalized spacial score (nSPS) is 30.6. The number of ether oxygens (including phenoxy) is 1. The average molecular weight is 270 g/mol. The number of carbonyl (C=O) groups excluding carboxylic acids is 1. The third-order valence-electron chi connectivity index (χ3n) is 4.09. The van der Waals surface area contributed by atoms with Crippen molar-refractivity contribution >= 4 is 5.91 Å². The fourth-order valence-electron chi connectivity index (χ4n) is 2.57. The minimum atomic E-state index is 0.0662. The van der Waals surface area contributed by atoms with Crippen molar-refractivity contribution in [2.75, 3.05) is 59.5 Å². The summed E-state index contributed by atoms with van der Waals surface area (Å²) in [6, 6.07) is 0.291. The summed E-state index contributed by atoms with van der Waals surface area (Å²) >= 11 is 0. The van der Waals surface area contributed by atoms with Crippen LogP contribution in [0.3, 0.4) is 0 Å². The van der Waals surface area contributed by atoms with Crippen molar-refractivity contribution in [3.8, 4) is 0 Å². The third kappa shape index (κ3) is 3.89. The van der Waals surface area contributed by atoms with Crippen molar-refractivity contribution in [1.29, 1.82) is 0 Å². The van der Waals surface area contributed by atoms with E-state index in [4.69, 9.17) is 10.5 Å². The van der Waals surface area contributed by atoms with Crippen LogP contribution in [0.2, 0.25) is 0 Å². The predicted molar refractivity (Wildman–Crippen MR) is 73.9 cm³/mol. The Kier molecular flexibility index (Phi) is 5.15. The van der Waals surface area contributed by atoms with Gasteiger partial charge in [-0.1, -0.05) is 0 Å². The molecule has 6 nitrogen and oxygen atoms in total. The topological polar surface area (TPSA) is 62.0 Å². The number of rotatable bonds is 3. The Bertz CT molecular complexity index is 305. The second-order valence-corrected chi connectivity index (χ2v) is 5.65. The van der Waals surface area contributed by atoms with Crippen LogP contribution < -0.4 is 5.73 Å². The lowest BCUT2D eigenvalue weighted by molar-refractivity contribution is -0.137. The zero-order chi connectivity index (χ0) is 13.8. The van der Waals surface area contributed by atoms with Crippen LogP contribution in [-0.4, -0.2) is 92.2 Å². The van der Waals surface area contributed by atoms with Crippen LogP contribution in [0.15, 0.2) is 0 Å². The molecule has 0 saturated carbocycles. The summed E-state index contributed by atoms with van der Waals surface area (Å²) in [6.07, 6.45) is 0.0662. The lowest BCUT2D eigenvalue weighted by atomic mass is 10.2. The number of hydrogen-bond acceptors (Lipinski definition) is 5. The molecule has 2 aliphatic rings. The Morgan fingerprint density at radius 1 is 1.32 bits per heavy atom. The van der Waals surface area contributed by atoms with Gasteiger partial charge in [0, 0.05) is 45.3 Å². The number of likely N-dealkylation sites (N-methyl/N-ethyl adjacent to an activating group) is 1. The molecule has 2 saturated heterocycles. The molecule has 0 aromatic heterocycles. The number of nitrogens with zero attached hydrogens (tertiary/aromatic N) is 3. The van der Waals surface area contributed by atoms with Crippen LogP contribution in [-0.2, 0) is 9.53 Å². The van der Waals surface area contributed by atoms with Crippen LogP contribution in [0.1, 0.15) is 6.92 Å². The fraction of sp³-hybridized carbons (Fsp3) is 0.923. The number of nitrogens with two attached hydrogens (primary N) is 1. The van der Waals surface area contributed by atoms with E-state index < -0.39 is 0 Å². The Labute approximate surface area is 115 Å². The van der Waals surface area contributed by atoms with Gasteiger partial charge >= 0.3 is 0 Å². The standard InChI is InChI=1S/C13H26N4O2/c1-11-10-19-12(7-14)8-17(11)9-13(18)16-5-3-15(2)4-6-16/h11-12H,3-10,14H2,1-2H3. The highest BCUT2D eigenvalue weighted by Crippen LogP contribution is 2.11. The Balaban J connectivity index is 1.83. The number of carbonyl (C=O) groups is 1. The van der Waals surface area contributed by atoms with Gasteiger partial charge in [-0.2, -0.15) is 0 Å². The van der Waals surface area contributed by atoms with Gasteiger partial charge in [-0.3, -0.25) is 9.69 Å². The minimum Gasteiger partial charge on any atom is -0.374 e. The Hall–Kier alpha value is -0.690. The van der Waals surface area contributed by atoms with Gasteiger partial charge in [0.1, 0.15) is 0 Å². The van der Waals surface area contributed by atoms with E-state index in [-0.39, 0.29) is 12.0 Å². The van der Waals surface area contributed by atoms with Crippen molar-refractivity contribution in [1.82, 2.24) is 14.7 Å². The second-order valence-electron chi connectivity index (χ2n) is 5.65. The van der Waals surface area contributed by atoms with E-state index in [1.165, 1.54) is 0 Å². The quantitative estimate of drug-likeness (QED) is 0.699. The monoisotopic (exact) mass is 270 g/mol. The molecule has 110 valence electrons. The maximum Gasteiger partial charge on any atom is 0.236 e. The lowest BCUT2D eigenvalue weighted by Crippen LogP contribution is -2.55. The molecule has 2 N–H and O–H groups in total. The zero-order valence-electron chi connectivity index (χ0n) is 12.0. The molecular weight excluding hydrogens is 244 g/mol. The summed E-state index contributed by atoms with van der Waals surface area (Å²) in [7, 11) is 2.09. The maximum absolute atomic E-state index is 12.3. The largest absolute Gasteiger partial charge is 0.374 e. The first-order valence-electron chi connectivity index (χ1n) is 7.12. The molecule has 6 heteroatoms. The number of amides is 1. The Morgan fingerprint density at radius 3 is 2.63 bits per heavy atom. The summed E-state index contributed by atoms with van der Waals surface area (Å²) < 4.78 is 5.61. The molecule has 2 aliphatic heterocycles. The summed E-state index contributed by atoms with van der Waals surface area (Å²) in [6.45, 7) is 8.16. The Morgan fingerprint density at radius 2 is 2.00 bits per heavy atom. The molecule has 0 spiro atoms. The lowest BCUT2D eigenvalue weighted by Gasteiger charge is -2.39. The molecule has 2 rings (SSSR count). The van der Waals surface area contributed by atoms with Crippen LogP contribution in [0.25, 0.3) is 0 Å². The van der Waals surface area contributed by atoms with Crippen molar-refractivity contribution in [3.05, 3.63) is 0 Å². The van der Waals surface area contributed by atoms with Crippen molar-refractivity contribution < 1.29 is 9.53 Å². The van der Waals surface area contributed by atoms with E-state index in [1.54, 1.807) is 0 Å². The third-order valence-corrected chi connectivity index (χ3v) is 4.09. The number of hydrogen-bond donors (Lipinski definition) is 1. The number of morpholine rings is 1. The molecule has 0 aromatic carbocycles. The van der Waals surface area contributed by atoms with E-state index in [9.17, 15) is 4.79 Å². The van der Waals surface area contributed by atoms with Crippen molar-refractivity contribution in [3.63, 3.8) is 0 Å². The van der Waals surface area contributed by atoms with Crippen molar-refractivity contribution in [2.24, 2.45) is 5.73 Å². The van der Waals surface area contributed by atoms with Gasteiger partial charge in [-0.25, -0.2) is 0 Å². The van der Waals surface area contributed by atoms with Crippen LogP contribution in [0.4, 0.5) is 0 Å². The van der Waals surface area contributed by atoms with E-state index in [1.807, 2.05) is 4.90 Å². The maximum atomic E-state index is 12.3. The van der Waals surface area contributed by atoms with Gasteiger partial charge in [0.25, 0.3) is 0 Å². The van der Waals surface area contributed by atoms with E-state index >= 15 is 0 Å². The molecule has 0 aliphatic carbocycles.